The number of carbonyl (C=O) groups is 4. The maximum atomic E-state index is 12.8. The van der Waals surface area contributed by atoms with E-state index in [0.717, 1.165) is 16.2 Å². The molecule has 1 aromatic heterocycles. The minimum Gasteiger partial charge on any atom is -0.543 e. The summed E-state index contributed by atoms with van der Waals surface area (Å²) in [6.45, 7) is 0. The van der Waals surface area contributed by atoms with E-state index in [4.69, 9.17) is 15.3 Å². The second kappa shape index (κ2) is 10.3. The van der Waals surface area contributed by atoms with Crippen LogP contribution in [-0.2, 0) is 28.8 Å². The van der Waals surface area contributed by atoms with Crippen LogP contribution in [0.5, 0.6) is 0 Å². The Kier molecular flexibility index (Phi) is 7.84. The van der Waals surface area contributed by atoms with E-state index in [0.29, 0.717) is 5.57 Å². The van der Waals surface area contributed by atoms with E-state index in [-0.39, 0.29) is 64.0 Å². The van der Waals surface area contributed by atoms with Crippen molar-refractivity contribution >= 4 is 57.7 Å². The van der Waals surface area contributed by atoms with Gasteiger partial charge in [-0.25, -0.2) is 9.78 Å². The first-order valence-electron chi connectivity index (χ1n) is 9.20. The third-order valence-corrected chi connectivity index (χ3v) is 6.86. The molecule has 0 aliphatic carbocycles. The van der Waals surface area contributed by atoms with Gasteiger partial charge in [0, 0.05) is 23.6 Å². The molecule has 15 heteroatoms. The van der Waals surface area contributed by atoms with Crippen LogP contribution >= 0.6 is 23.1 Å². The molecule has 3 aliphatic rings. The van der Waals surface area contributed by atoms with Crippen LogP contribution in [0.4, 0.5) is 5.13 Å². The van der Waals surface area contributed by atoms with E-state index in [9.17, 15) is 24.3 Å². The smallest absolute Gasteiger partial charge is 0.543 e. The largest absolute Gasteiger partial charge is 1.00 e. The maximum absolute atomic E-state index is 12.8. The Labute approximate surface area is 217 Å². The first-order valence-corrected chi connectivity index (χ1v) is 11.1. The third kappa shape index (κ3) is 4.94. The Hall–Kier alpha value is -2.39. The summed E-state index contributed by atoms with van der Waals surface area (Å²) < 4.78 is 5.06. The molecule has 4 rings (SSSR count). The number of carbonyl (C=O) groups excluding carboxylic acids is 4. The first-order chi connectivity index (χ1) is 15.3. The summed E-state index contributed by atoms with van der Waals surface area (Å²) in [5.41, 5.74) is 5.76. The predicted octanol–water partition coefficient (Wildman–Crippen LogP) is -4.64. The molecule has 1 aromatic rings. The van der Waals surface area contributed by atoms with E-state index in [2.05, 4.69) is 15.5 Å². The van der Waals surface area contributed by atoms with Gasteiger partial charge in [0.25, 0.3) is 11.8 Å². The SMILES string of the molecule is CO/N=C(\C(=O)N[C@@H]1C(=O)N2C(C(=O)[O-])=C(CC3C=CC(=O)O3)CS[C@H]12)c1csc(N)n1.[Na+]. The third-order valence-electron chi connectivity index (χ3n) is 4.85. The summed E-state index contributed by atoms with van der Waals surface area (Å²) in [4.78, 5) is 58.3. The number of carboxylic acid groups (broad SMARTS) is 1. The summed E-state index contributed by atoms with van der Waals surface area (Å²) in [6, 6.07) is -0.981. The molecule has 1 unspecified atom stereocenters. The number of fused-ring (bicyclic) bond motifs is 1. The van der Waals surface area contributed by atoms with Crippen LogP contribution in [0.1, 0.15) is 12.1 Å². The number of cyclic esters (lactones) is 1. The number of nitrogens with zero attached hydrogens (tertiary/aromatic N) is 3. The fourth-order valence-electron chi connectivity index (χ4n) is 3.50. The van der Waals surface area contributed by atoms with Gasteiger partial charge in [0.15, 0.2) is 10.8 Å². The number of anilines is 1. The maximum Gasteiger partial charge on any atom is 1.00 e. The monoisotopic (exact) mass is 501 g/mol. The topological polar surface area (TPSA) is 176 Å². The van der Waals surface area contributed by atoms with Gasteiger partial charge in [0.1, 0.15) is 30.3 Å². The average Bonchev–Trinajstić information content (AvgIpc) is 3.37. The van der Waals surface area contributed by atoms with Crippen molar-refractivity contribution in [3.05, 3.63) is 34.5 Å². The average molecular weight is 501 g/mol. The van der Waals surface area contributed by atoms with Gasteiger partial charge in [-0.1, -0.05) is 5.16 Å². The minimum atomic E-state index is -1.52. The number of carboxylic acids is 1. The van der Waals surface area contributed by atoms with Gasteiger partial charge in [0.05, 0.1) is 11.7 Å². The van der Waals surface area contributed by atoms with Crippen molar-refractivity contribution in [1.82, 2.24) is 15.2 Å². The molecule has 3 atom stereocenters. The molecule has 1 fully saturated rings. The number of nitrogens with one attached hydrogen (secondary N) is 1. The van der Waals surface area contributed by atoms with Crippen molar-refractivity contribution in [1.29, 1.82) is 0 Å². The molecule has 4 heterocycles. The fourth-order valence-corrected chi connectivity index (χ4v) is 5.41. The summed E-state index contributed by atoms with van der Waals surface area (Å²) in [7, 11) is 1.26. The van der Waals surface area contributed by atoms with Crippen LogP contribution in [0.3, 0.4) is 0 Å². The zero-order chi connectivity index (χ0) is 23.0. The summed E-state index contributed by atoms with van der Waals surface area (Å²) in [5.74, 6) is -3.10. The van der Waals surface area contributed by atoms with Crippen molar-refractivity contribution in [2.75, 3.05) is 18.6 Å². The van der Waals surface area contributed by atoms with Crippen molar-refractivity contribution in [3.8, 4) is 0 Å². The minimum absolute atomic E-state index is 0. The Bertz CT molecular complexity index is 1100. The zero-order valence-electron chi connectivity index (χ0n) is 17.5. The normalized spacial score (nSPS) is 24.0. The molecule has 0 saturated carbocycles. The van der Waals surface area contributed by atoms with E-state index in [1.54, 1.807) is 0 Å². The molecule has 3 aliphatic heterocycles. The molecule has 2 amide bonds. The molecule has 33 heavy (non-hydrogen) atoms. The van der Waals surface area contributed by atoms with Crippen molar-refractivity contribution < 1.29 is 63.4 Å². The predicted molar refractivity (Wildman–Crippen MR) is 111 cm³/mol. The van der Waals surface area contributed by atoms with E-state index in [1.165, 1.54) is 36.4 Å². The van der Waals surface area contributed by atoms with Gasteiger partial charge in [0.2, 0.25) is 0 Å². The number of thiazole rings is 1. The standard InChI is InChI=1S/C18H17N5O7S2.Na/c1-29-22-11(9-6-32-18(19)20-9)14(25)21-12-15(26)23-13(17(27)28)7(5-31-16(12)23)4-8-2-3-10(24)30-8;/h2-3,6,8,12,16H,4-5H2,1H3,(H2,19,20)(H,21,25)(H,27,28);/q;+1/p-1/b22-11-;/t8?,12-,16-;/m1./s1. The Morgan fingerprint density at radius 2 is 2.21 bits per heavy atom. The van der Waals surface area contributed by atoms with Gasteiger partial charge < -0.3 is 30.5 Å². The number of esters is 1. The van der Waals surface area contributed by atoms with Crippen molar-refractivity contribution in [2.45, 2.75) is 23.9 Å². The van der Waals surface area contributed by atoms with Crippen LogP contribution in [0, 0.1) is 0 Å². The molecule has 168 valence electrons. The quantitative estimate of drug-likeness (QED) is 0.121. The van der Waals surface area contributed by atoms with Crippen LogP contribution in [0.2, 0.25) is 0 Å². The molecule has 1 saturated heterocycles. The number of nitrogens with two attached hydrogens (primary N) is 1. The van der Waals surface area contributed by atoms with E-state index < -0.39 is 41.3 Å². The molecule has 0 aromatic carbocycles. The molecular weight excluding hydrogens is 485 g/mol. The molecule has 0 spiro atoms. The van der Waals surface area contributed by atoms with Crippen LogP contribution in [0.15, 0.2) is 34.0 Å². The number of aliphatic carboxylic acids is 1. The summed E-state index contributed by atoms with van der Waals surface area (Å²) in [6.07, 6.45) is 2.32. The van der Waals surface area contributed by atoms with Crippen molar-refractivity contribution in [3.63, 3.8) is 0 Å². The molecule has 0 bridgehead atoms. The molecule has 0 radical (unpaired) electrons. The Morgan fingerprint density at radius 1 is 1.45 bits per heavy atom. The van der Waals surface area contributed by atoms with E-state index in [1.807, 2.05) is 0 Å². The number of ether oxygens (including phenoxy) is 1. The Morgan fingerprint density at radius 3 is 2.79 bits per heavy atom. The second-order valence-electron chi connectivity index (χ2n) is 6.83. The zero-order valence-corrected chi connectivity index (χ0v) is 21.1. The first kappa shape index (κ1) is 25.2. The van der Waals surface area contributed by atoms with Gasteiger partial charge in [-0.2, -0.15) is 0 Å². The Balaban J connectivity index is 0.00000306. The van der Waals surface area contributed by atoms with Crippen LogP contribution < -0.4 is 45.7 Å². The van der Waals surface area contributed by atoms with Crippen molar-refractivity contribution in [2.24, 2.45) is 5.16 Å². The number of aromatic nitrogens is 1. The number of oxime groups is 1. The molecule has 12 nitrogen and oxygen atoms in total. The number of hydrogen-bond acceptors (Lipinski definition) is 12. The number of β-lactam (4-membered cyclic amide) rings is 1. The van der Waals surface area contributed by atoms with Crippen LogP contribution in [-0.4, -0.2) is 69.7 Å². The van der Waals surface area contributed by atoms with Gasteiger partial charge in [-0.3, -0.25) is 14.5 Å². The number of rotatable bonds is 7. The van der Waals surface area contributed by atoms with Gasteiger partial charge in [-0.15, -0.1) is 23.1 Å². The van der Waals surface area contributed by atoms with Crippen LogP contribution in [0.25, 0.3) is 0 Å². The van der Waals surface area contributed by atoms with E-state index >= 15 is 0 Å². The van der Waals surface area contributed by atoms with Gasteiger partial charge >= 0.3 is 35.5 Å². The molecular formula is C18H16N5NaO7S2. The summed E-state index contributed by atoms with van der Waals surface area (Å²) in [5, 5.41) is 19.1. The second-order valence-corrected chi connectivity index (χ2v) is 8.83. The number of nitrogen functional groups attached to an aromatic ring is 1. The van der Waals surface area contributed by atoms with Gasteiger partial charge in [-0.05, 0) is 11.6 Å². The fraction of sp³-hybridized carbons (Fsp3) is 0.333. The number of thioether (sulfide) groups is 1. The molecule has 3 N–H and O–H groups in total. The number of amides is 2. The summed E-state index contributed by atoms with van der Waals surface area (Å²) >= 11 is 2.38. The number of hydrogen-bond donors (Lipinski definition) is 2.